The van der Waals surface area contributed by atoms with Gasteiger partial charge >= 0.3 is 0 Å². The second kappa shape index (κ2) is 4.36. The summed E-state index contributed by atoms with van der Waals surface area (Å²) < 4.78 is 0. The van der Waals surface area contributed by atoms with Crippen molar-refractivity contribution in [1.29, 1.82) is 0 Å². The quantitative estimate of drug-likeness (QED) is 0.782. The molecule has 2 N–H and O–H groups in total. The lowest BCUT2D eigenvalue weighted by Gasteiger charge is -2.25. The van der Waals surface area contributed by atoms with Crippen molar-refractivity contribution in [2.45, 2.75) is 47.1 Å². The standard InChI is InChI=1S/C14H23N/c1-10-7-6-8-12(11(10)2)13(15)9-14(3,4)5/h6-8,13H,9,15H2,1-5H3. The molecule has 1 atom stereocenters. The summed E-state index contributed by atoms with van der Waals surface area (Å²) in [5.41, 5.74) is 10.5. The van der Waals surface area contributed by atoms with Gasteiger partial charge in [-0.2, -0.15) is 0 Å². The lowest BCUT2D eigenvalue weighted by molar-refractivity contribution is 0.342. The molecule has 0 amide bonds. The average molecular weight is 205 g/mol. The van der Waals surface area contributed by atoms with Crippen LogP contribution < -0.4 is 5.73 Å². The number of benzene rings is 1. The molecule has 1 aromatic rings. The Morgan fingerprint density at radius 2 is 1.80 bits per heavy atom. The largest absolute Gasteiger partial charge is 0.324 e. The van der Waals surface area contributed by atoms with Gasteiger partial charge < -0.3 is 5.73 Å². The van der Waals surface area contributed by atoms with Gasteiger partial charge in [-0.05, 0) is 42.4 Å². The number of nitrogens with two attached hydrogens (primary N) is 1. The van der Waals surface area contributed by atoms with Gasteiger partial charge in [0.2, 0.25) is 0 Å². The monoisotopic (exact) mass is 205 g/mol. The van der Waals surface area contributed by atoms with Crippen molar-refractivity contribution >= 4 is 0 Å². The molecule has 0 radical (unpaired) electrons. The molecule has 0 heterocycles. The van der Waals surface area contributed by atoms with Crippen molar-refractivity contribution in [3.05, 3.63) is 34.9 Å². The predicted molar refractivity (Wildman–Crippen MR) is 66.9 cm³/mol. The van der Waals surface area contributed by atoms with Crippen LogP contribution in [0.2, 0.25) is 0 Å². The molecule has 0 aromatic heterocycles. The first-order chi connectivity index (χ1) is 6.81. The maximum absolute atomic E-state index is 6.25. The molecular weight excluding hydrogens is 182 g/mol. The van der Waals surface area contributed by atoms with Crippen molar-refractivity contribution in [2.24, 2.45) is 11.1 Å². The van der Waals surface area contributed by atoms with Crippen LogP contribution in [0.3, 0.4) is 0 Å². The first-order valence-corrected chi connectivity index (χ1v) is 5.63. The molecule has 0 saturated heterocycles. The summed E-state index contributed by atoms with van der Waals surface area (Å²) in [7, 11) is 0. The van der Waals surface area contributed by atoms with Gasteiger partial charge in [-0.15, -0.1) is 0 Å². The fraction of sp³-hybridized carbons (Fsp3) is 0.571. The zero-order chi connectivity index (χ0) is 11.6. The first-order valence-electron chi connectivity index (χ1n) is 5.63. The number of rotatable bonds is 2. The Morgan fingerprint density at radius 3 is 2.33 bits per heavy atom. The molecule has 0 saturated carbocycles. The second-order valence-electron chi connectivity index (χ2n) is 5.66. The molecule has 1 unspecified atom stereocenters. The molecule has 84 valence electrons. The van der Waals surface area contributed by atoms with E-state index in [1.54, 1.807) is 0 Å². The van der Waals surface area contributed by atoms with E-state index in [1.165, 1.54) is 16.7 Å². The minimum absolute atomic E-state index is 0.157. The molecule has 0 aliphatic heterocycles. The van der Waals surface area contributed by atoms with Crippen molar-refractivity contribution in [3.8, 4) is 0 Å². The highest BCUT2D eigenvalue weighted by molar-refractivity contribution is 5.35. The van der Waals surface area contributed by atoms with Crippen LogP contribution in [0.4, 0.5) is 0 Å². The van der Waals surface area contributed by atoms with Crippen LogP contribution >= 0.6 is 0 Å². The minimum Gasteiger partial charge on any atom is -0.324 e. The van der Waals surface area contributed by atoms with Gasteiger partial charge in [0.15, 0.2) is 0 Å². The van der Waals surface area contributed by atoms with E-state index in [0.717, 1.165) is 6.42 Å². The van der Waals surface area contributed by atoms with Gasteiger partial charge in [0.1, 0.15) is 0 Å². The Bertz CT molecular complexity index is 334. The van der Waals surface area contributed by atoms with E-state index in [1.807, 2.05) is 0 Å². The van der Waals surface area contributed by atoms with Crippen LogP contribution in [0.5, 0.6) is 0 Å². The smallest absolute Gasteiger partial charge is 0.0302 e. The molecule has 1 heteroatoms. The third-order valence-electron chi connectivity index (χ3n) is 2.88. The van der Waals surface area contributed by atoms with Gasteiger partial charge in [0.25, 0.3) is 0 Å². The molecule has 15 heavy (non-hydrogen) atoms. The fourth-order valence-corrected chi connectivity index (χ4v) is 1.95. The van der Waals surface area contributed by atoms with Crippen molar-refractivity contribution in [3.63, 3.8) is 0 Å². The molecule has 1 aromatic carbocycles. The van der Waals surface area contributed by atoms with Crippen molar-refractivity contribution < 1.29 is 0 Å². The summed E-state index contributed by atoms with van der Waals surface area (Å²) in [4.78, 5) is 0. The van der Waals surface area contributed by atoms with Crippen LogP contribution in [0.1, 0.15) is 49.9 Å². The fourth-order valence-electron chi connectivity index (χ4n) is 1.95. The van der Waals surface area contributed by atoms with Crippen LogP contribution in [-0.4, -0.2) is 0 Å². The van der Waals surface area contributed by atoms with Gasteiger partial charge in [0, 0.05) is 6.04 Å². The Morgan fingerprint density at radius 1 is 1.20 bits per heavy atom. The molecule has 1 rings (SSSR count). The number of aryl methyl sites for hydroxylation is 1. The summed E-state index contributed by atoms with van der Waals surface area (Å²) in [6.07, 6.45) is 1.03. The van der Waals surface area contributed by atoms with E-state index in [2.05, 4.69) is 52.8 Å². The van der Waals surface area contributed by atoms with E-state index < -0.39 is 0 Å². The summed E-state index contributed by atoms with van der Waals surface area (Å²) >= 11 is 0. The van der Waals surface area contributed by atoms with Crippen LogP contribution in [0, 0.1) is 19.3 Å². The summed E-state index contributed by atoms with van der Waals surface area (Å²) in [5.74, 6) is 0. The van der Waals surface area contributed by atoms with E-state index >= 15 is 0 Å². The maximum atomic E-state index is 6.25. The van der Waals surface area contributed by atoms with E-state index in [9.17, 15) is 0 Å². The first kappa shape index (κ1) is 12.3. The Labute approximate surface area is 93.7 Å². The third-order valence-corrected chi connectivity index (χ3v) is 2.88. The van der Waals surface area contributed by atoms with Crippen LogP contribution in [0.15, 0.2) is 18.2 Å². The maximum Gasteiger partial charge on any atom is 0.0302 e. The third kappa shape index (κ3) is 3.35. The van der Waals surface area contributed by atoms with E-state index in [4.69, 9.17) is 5.73 Å². The summed E-state index contributed by atoms with van der Waals surface area (Å²) in [6.45, 7) is 11.0. The molecule has 1 nitrogen and oxygen atoms in total. The van der Waals surface area contributed by atoms with Crippen molar-refractivity contribution in [1.82, 2.24) is 0 Å². The molecule has 0 fully saturated rings. The molecule has 0 bridgehead atoms. The minimum atomic E-state index is 0.157. The highest BCUT2D eigenvalue weighted by Crippen LogP contribution is 2.29. The molecule has 0 spiro atoms. The SMILES string of the molecule is Cc1cccc(C(N)CC(C)(C)C)c1C. The zero-order valence-electron chi connectivity index (χ0n) is 10.6. The Balaban J connectivity index is 2.92. The van der Waals surface area contributed by atoms with Crippen molar-refractivity contribution in [2.75, 3.05) is 0 Å². The molecule has 0 aliphatic rings. The van der Waals surface area contributed by atoms with Gasteiger partial charge in [-0.1, -0.05) is 39.0 Å². The van der Waals surface area contributed by atoms with E-state index in [0.29, 0.717) is 0 Å². The van der Waals surface area contributed by atoms with Crippen LogP contribution in [0.25, 0.3) is 0 Å². The highest BCUT2D eigenvalue weighted by Gasteiger charge is 2.18. The molecule has 0 aliphatic carbocycles. The summed E-state index contributed by atoms with van der Waals surface area (Å²) in [5, 5.41) is 0. The number of hydrogen-bond donors (Lipinski definition) is 1. The van der Waals surface area contributed by atoms with Crippen LogP contribution in [-0.2, 0) is 0 Å². The number of hydrogen-bond acceptors (Lipinski definition) is 1. The lowest BCUT2D eigenvalue weighted by atomic mass is 9.84. The highest BCUT2D eigenvalue weighted by atomic mass is 14.6. The van der Waals surface area contributed by atoms with Gasteiger partial charge in [-0.3, -0.25) is 0 Å². The second-order valence-corrected chi connectivity index (χ2v) is 5.66. The summed E-state index contributed by atoms with van der Waals surface area (Å²) in [6, 6.07) is 6.55. The zero-order valence-corrected chi connectivity index (χ0v) is 10.6. The Kier molecular flexibility index (Phi) is 3.56. The van der Waals surface area contributed by atoms with E-state index in [-0.39, 0.29) is 11.5 Å². The molecular formula is C14H23N. The topological polar surface area (TPSA) is 26.0 Å². The normalized spacial score (nSPS) is 14.0. The van der Waals surface area contributed by atoms with Gasteiger partial charge in [-0.25, -0.2) is 0 Å². The average Bonchev–Trinajstić information content (AvgIpc) is 2.06. The Hall–Kier alpha value is -0.820. The predicted octanol–water partition coefficient (Wildman–Crippen LogP) is 3.74. The lowest BCUT2D eigenvalue weighted by Crippen LogP contribution is -2.19. The van der Waals surface area contributed by atoms with Gasteiger partial charge in [0.05, 0.1) is 0 Å².